The molecule has 0 fully saturated rings. The second-order valence-corrected chi connectivity index (χ2v) is 5.02. The van der Waals surface area contributed by atoms with E-state index in [0.29, 0.717) is 6.26 Å². The molecule has 96 valence electrons. The number of nitrogens with zero attached hydrogens (tertiary/aromatic N) is 1. The van der Waals surface area contributed by atoms with Gasteiger partial charge in [0.15, 0.2) is 0 Å². The number of rotatable bonds is 5. The number of carbonyl (C=O) groups is 1. The summed E-state index contributed by atoms with van der Waals surface area (Å²) in [6, 6.07) is 0. The van der Waals surface area contributed by atoms with Gasteiger partial charge in [0.1, 0.15) is 6.54 Å². The molecule has 0 rings (SSSR count). The first-order valence-corrected chi connectivity index (χ1v) is 6.00. The van der Waals surface area contributed by atoms with Crippen LogP contribution in [0.5, 0.6) is 0 Å². The molecule has 0 saturated heterocycles. The van der Waals surface area contributed by atoms with Crippen LogP contribution in [0.1, 0.15) is 6.42 Å². The first-order valence-electron chi connectivity index (χ1n) is 4.15. The number of sulfonamides is 1. The maximum atomic E-state index is 12.0. The van der Waals surface area contributed by atoms with Crippen molar-refractivity contribution < 1.29 is 31.1 Å². The number of hydrogen-bond acceptors (Lipinski definition) is 4. The Balaban J connectivity index is 4.53. The second kappa shape index (κ2) is 5.48. The lowest BCUT2D eigenvalue weighted by Gasteiger charge is -2.20. The summed E-state index contributed by atoms with van der Waals surface area (Å²) in [7, 11) is -2.93. The molecule has 0 atom stereocenters. The zero-order valence-corrected chi connectivity index (χ0v) is 9.56. The van der Waals surface area contributed by atoms with Gasteiger partial charge in [-0.3, -0.25) is 4.79 Å². The quantitative estimate of drug-likeness (QED) is 0.672. The van der Waals surface area contributed by atoms with Crippen LogP contribution in [0.2, 0.25) is 0 Å². The van der Waals surface area contributed by atoms with Crippen molar-refractivity contribution in [2.45, 2.75) is 12.6 Å². The fourth-order valence-corrected chi connectivity index (χ4v) is 1.68. The minimum atomic E-state index is -4.64. The molecule has 0 spiro atoms. The molecule has 9 heteroatoms. The Morgan fingerprint density at radius 3 is 2.19 bits per heavy atom. The summed E-state index contributed by atoms with van der Waals surface area (Å²) in [5.41, 5.74) is 0. The van der Waals surface area contributed by atoms with Gasteiger partial charge in [0.05, 0.1) is 19.8 Å². The van der Waals surface area contributed by atoms with Crippen molar-refractivity contribution in [3.8, 4) is 0 Å². The van der Waals surface area contributed by atoms with Gasteiger partial charge in [-0.15, -0.1) is 0 Å². The van der Waals surface area contributed by atoms with Crippen molar-refractivity contribution in [2.75, 3.05) is 26.5 Å². The first-order chi connectivity index (χ1) is 7.06. The topological polar surface area (TPSA) is 63.7 Å². The molecule has 0 amide bonds. The molecule has 0 bridgehead atoms. The van der Waals surface area contributed by atoms with Crippen molar-refractivity contribution in [3.05, 3.63) is 0 Å². The minimum absolute atomic E-state index is 0.184. The van der Waals surface area contributed by atoms with E-state index in [2.05, 4.69) is 4.74 Å². The highest BCUT2D eigenvalue weighted by Gasteiger charge is 2.34. The number of esters is 1. The van der Waals surface area contributed by atoms with Gasteiger partial charge < -0.3 is 4.74 Å². The van der Waals surface area contributed by atoms with E-state index in [1.807, 2.05) is 0 Å². The third-order valence-corrected chi connectivity index (χ3v) is 2.87. The zero-order valence-electron chi connectivity index (χ0n) is 8.74. The summed E-state index contributed by atoms with van der Waals surface area (Å²) in [5.74, 6) is -0.768. The van der Waals surface area contributed by atoms with Crippen LogP contribution in [0.15, 0.2) is 0 Å². The molecule has 5 nitrogen and oxygen atoms in total. The lowest BCUT2D eigenvalue weighted by molar-refractivity contribution is -0.144. The average Bonchev–Trinajstić information content (AvgIpc) is 2.08. The molecule has 0 aliphatic heterocycles. The van der Waals surface area contributed by atoms with Crippen LogP contribution in [0, 0.1) is 0 Å². The van der Waals surface area contributed by atoms with Crippen LogP contribution >= 0.6 is 0 Å². The average molecular weight is 263 g/mol. The van der Waals surface area contributed by atoms with E-state index in [1.54, 1.807) is 0 Å². The molecule has 0 unspecified atom stereocenters. The smallest absolute Gasteiger partial charge is 0.402 e. The molecule has 0 aliphatic rings. The Kier molecular flexibility index (Phi) is 5.20. The van der Waals surface area contributed by atoms with Gasteiger partial charge in [-0.2, -0.15) is 17.5 Å². The van der Waals surface area contributed by atoms with Gasteiger partial charge in [-0.05, 0) is 0 Å². The van der Waals surface area contributed by atoms with Gasteiger partial charge in [-0.25, -0.2) is 8.42 Å². The normalized spacial score (nSPS) is 12.9. The largest absolute Gasteiger partial charge is 0.469 e. The number of ether oxygens (including phenoxy) is 1. The molecule has 0 N–H and O–H groups in total. The molecule has 0 aromatic heterocycles. The standard InChI is InChI=1S/C7H12F3NO4S/c1-15-6(12)3-4-11(16(2,13)14)5-7(8,9)10/h3-5H2,1-2H3. The Bertz CT molecular complexity index is 338. The molecular weight excluding hydrogens is 251 g/mol. The van der Waals surface area contributed by atoms with E-state index < -0.39 is 41.7 Å². The van der Waals surface area contributed by atoms with E-state index >= 15 is 0 Å². The summed E-state index contributed by atoms with van der Waals surface area (Å²) in [6.07, 6.45) is -4.41. The van der Waals surface area contributed by atoms with Crippen LogP contribution in [0.4, 0.5) is 13.2 Å². The van der Waals surface area contributed by atoms with Gasteiger partial charge in [0.2, 0.25) is 10.0 Å². The summed E-state index contributed by atoms with van der Waals surface area (Å²) < 4.78 is 62.4. The number of carbonyl (C=O) groups excluding carboxylic acids is 1. The fraction of sp³-hybridized carbons (Fsp3) is 0.857. The van der Waals surface area contributed by atoms with E-state index in [0.717, 1.165) is 7.11 Å². The summed E-state index contributed by atoms with van der Waals surface area (Å²) in [4.78, 5) is 10.7. The van der Waals surface area contributed by atoms with Crippen molar-refractivity contribution >= 4 is 16.0 Å². The first kappa shape index (κ1) is 15.2. The Labute approximate surface area is 91.2 Å². The number of methoxy groups -OCH3 is 1. The van der Waals surface area contributed by atoms with Crippen molar-refractivity contribution in [1.82, 2.24) is 4.31 Å². The van der Waals surface area contributed by atoms with Gasteiger partial charge in [0, 0.05) is 6.54 Å². The van der Waals surface area contributed by atoms with Crippen molar-refractivity contribution in [3.63, 3.8) is 0 Å². The number of alkyl halides is 3. The van der Waals surface area contributed by atoms with E-state index in [4.69, 9.17) is 0 Å². The van der Waals surface area contributed by atoms with E-state index in [-0.39, 0.29) is 4.31 Å². The lowest BCUT2D eigenvalue weighted by atomic mass is 10.4. The van der Waals surface area contributed by atoms with Crippen LogP contribution in [-0.2, 0) is 19.6 Å². The minimum Gasteiger partial charge on any atom is -0.469 e. The Morgan fingerprint density at radius 2 is 1.88 bits per heavy atom. The second-order valence-electron chi connectivity index (χ2n) is 3.04. The van der Waals surface area contributed by atoms with Crippen LogP contribution in [0.3, 0.4) is 0 Å². The highest BCUT2D eigenvalue weighted by molar-refractivity contribution is 7.88. The number of halogens is 3. The lowest BCUT2D eigenvalue weighted by Crippen LogP contribution is -2.39. The van der Waals surface area contributed by atoms with Crippen molar-refractivity contribution in [2.24, 2.45) is 0 Å². The van der Waals surface area contributed by atoms with E-state index in [1.165, 1.54) is 0 Å². The maximum Gasteiger partial charge on any atom is 0.402 e. The predicted octanol–water partition coefficient (Wildman–Crippen LogP) is 0.373. The van der Waals surface area contributed by atoms with Gasteiger partial charge in [-0.1, -0.05) is 0 Å². The highest BCUT2D eigenvalue weighted by Crippen LogP contribution is 2.18. The summed E-state index contributed by atoms with van der Waals surface area (Å²) >= 11 is 0. The Morgan fingerprint density at radius 1 is 1.38 bits per heavy atom. The SMILES string of the molecule is COC(=O)CCN(CC(F)(F)F)S(C)(=O)=O. The van der Waals surface area contributed by atoms with E-state index in [9.17, 15) is 26.4 Å². The van der Waals surface area contributed by atoms with Gasteiger partial charge in [0.25, 0.3) is 0 Å². The molecule has 0 aromatic carbocycles. The third-order valence-electron chi connectivity index (χ3n) is 1.62. The van der Waals surface area contributed by atoms with Gasteiger partial charge >= 0.3 is 12.1 Å². The molecule has 0 saturated carbocycles. The number of hydrogen-bond donors (Lipinski definition) is 0. The van der Waals surface area contributed by atoms with Crippen LogP contribution in [-0.4, -0.2) is 51.3 Å². The molecule has 16 heavy (non-hydrogen) atoms. The zero-order chi connectivity index (χ0) is 13.0. The Hall–Kier alpha value is -0.830. The van der Waals surface area contributed by atoms with Crippen LogP contribution in [0.25, 0.3) is 0 Å². The molecule has 0 heterocycles. The molecule has 0 radical (unpaired) electrons. The predicted molar refractivity (Wildman–Crippen MR) is 49.1 cm³/mol. The highest BCUT2D eigenvalue weighted by atomic mass is 32.2. The molecule has 0 aromatic rings. The summed E-state index contributed by atoms with van der Waals surface area (Å²) in [5, 5.41) is 0. The molecule has 0 aliphatic carbocycles. The monoisotopic (exact) mass is 263 g/mol. The summed E-state index contributed by atoms with van der Waals surface area (Å²) in [6.45, 7) is -2.16. The maximum absolute atomic E-state index is 12.0. The van der Waals surface area contributed by atoms with Crippen molar-refractivity contribution in [1.29, 1.82) is 0 Å². The fourth-order valence-electron chi connectivity index (χ4n) is 0.880. The molecular formula is C7H12F3NO4S. The third kappa shape index (κ3) is 6.62. The van der Waals surface area contributed by atoms with Crippen LogP contribution < -0.4 is 0 Å².